The summed E-state index contributed by atoms with van der Waals surface area (Å²) in [5.41, 5.74) is 2.29. The monoisotopic (exact) mass is 484 g/mol. The Morgan fingerprint density at radius 2 is 2.11 bits per heavy atom. The molecule has 27 heavy (non-hydrogen) atoms. The highest BCUT2D eigenvalue weighted by Crippen LogP contribution is 2.16. The molecule has 0 spiro atoms. The molecule has 1 aromatic heterocycles. The Morgan fingerprint density at radius 3 is 2.85 bits per heavy atom. The van der Waals surface area contributed by atoms with Crippen molar-refractivity contribution in [2.45, 2.75) is 45.7 Å². The highest BCUT2D eigenvalue weighted by molar-refractivity contribution is 14.0. The van der Waals surface area contributed by atoms with Crippen LogP contribution in [0.3, 0.4) is 0 Å². The van der Waals surface area contributed by atoms with E-state index < -0.39 is 0 Å². The number of nitrogens with one attached hydrogen (secondary N) is 2. The molecular formula is C20H33IN6. The number of nitrogens with zero attached hydrogens (tertiary/aromatic N) is 4. The molecule has 7 heteroatoms. The maximum absolute atomic E-state index is 4.78. The number of rotatable bonds is 7. The molecule has 1 saturated heterocycles. The van der Waals surface area contributed by atoms with Crippen LogP contribution in [-0.4, -0.2) is 59.7 Å². The van der Waals surface area contributed by atoms with Crippen molar-refractivity contribution in [1.29, 1.82) is 0 Å². The summed E-state index contributed by atoms with van der Waals surface area (Å²) in [6.07, 6.45) is 3.58. The van der Waals surface area contributed by atoms with Gasteiger partial charge in [-0.3, -0.25) is 4.99 Å². The average Bonchev–Trinajstić information content (AvgIpc) is 3.19. The van der Waals surface area contributed by atoms with Gasteiger partial charge in [0.05, 0.1) is 17.6 Å². The fourth-order valence-corrected chi connectivity index (χ4v) is 3.67. The van der Waals surface area contributed by atoms with Crippen LogP contribution in [0.25, 0.3) is 11.0 Å². The summed E-state index contributed by atoms with van der Waals surface area (Å²) < 4.78 is 2.30. The van der Waals surface area contributed by atoms with Gasteiger partial charge in [-0.1, -0.05) is 12.1 Å². The number of likely N-dealkylation sites (N-methyl/N-ethyl adjacent to an activating group) is 1. The minimum absolute atomic E-state index is 0. The first-order valence-corrected chi connectivity index (χ1v) is 9.83. The Balaban J connectivity index is 0.00000261. The number of hydrogen-bond acceptors (Lipinski definition) is 3. The van der Waals surface area contributed by atoms with Crippen molar-refractivity contribution in [3.63, 3.8) is 0 Å². The van der Waals surface area contributed by atoms with Crippen LogP contribution >= 0.6 is 24.0 Å². The lowest BCUT2D eigenvalue weighted by Crippen LogP contribution is -2.39. The van der Waals surface area contributed by atoms with Crippen LogP contribution in [0.1, 0.15) is 32.0 Å². The zero-order chi connectivity index (χ0) is 18.4. The Hall–Kier alpha value is -1.35. The van der Waals surface area contributed by atoms with Gasteiger partial charge in [-0.2, -0.15) is 0 Å². The molecule has 2 heterocycles. The third kappa shape index (κ3) is 5.81. The Kier molecular flexibility index (Phi) is 8.82. The van der Waals surface area contributed by atoms with Crippen LogP contribution < -0.4 is 10.6 Å². The van der Waals surface area contributed by atoms with Crippen LogP contribution in [0.5, 0.6) is 0 Å². The predicted octanol–water partition coefficient (Wildman–Crippen LogP) is 3.00. The van der Waals surface area contributed by atoms with Gasteiger partial charge in [0.2, 0.25) is 0 Å². The fourth-order valence-electron chi connectivity index (χ4n) is 3.67. The van der Waals surface area contributed by atoms with E-state index in [1.807, 2.05) is 6.07 Å². The van der Waals surface area contributed by atoms with Crippen molar-refractivity contribution in [3.8, 4) is 0 Å². The van der Waals surface area contributed by atoms with Crippen LogP contribution in [-0.2, 0) is 6.54 Å². The molecule has 6 nitrogen and oxygen atoms in total. The first kappa shape index (κ1) is 21.9. The van der Waals surface area contributed by atoms with Crippen LogP contribution in [0.15, 0.2) is 29.3 Å². The average molecular weight is 484 g/mol. The Morgan fingerprint density at radius 1 is 1.30 bits per heavy atom. The van der Waals surface area contributed by atoms with Gasteiger partial charge in [0.25, 0.3) is 0 Å². The fraction of sp³-hybridized carbons (Fsp3) is 0.600. The first-order chi connectivity index (χ1) is 12.7. The molecule has 2 aromatic rings. The van der Waals surface area contributed by atoms with Crippen LogP contribution in [0.2, 0.25) is 0 Å². The van der Waals surface area contributed by atoms with Gasteiger partial charge in [0.15, 0.2) is 5.96 Å². The highest BCUT2D eigenvalue weighted by Gasteiger charge is 2.20. The van der Waals surface area contributed by atoms with Gasteiger partial charge < -0.3 is 20.1 Å². The van der Waals surface area contributed by atoms with Crippen LogP contribution in [0.4, 0.5) is 0 Å². The number of benzene rings is 1. The van der Waals surface area contributed by atoms with Gasteiger partial charge in [0.1, 0.15) is 5.82 Å². The third-order valence-electron chi connectivity index (χ3n) is 5.17. The normalized spacial score (nSPS) is 17.9. The number of aryl methyl sites for hydroxylation is 2. The number of imidazole rings is 1. The number of aliphatic imine (C=N–C) groups is 1. The van der Waals surface area contributed by atoms with E-state index in [9.17, 15) is 0 Å². The second-order valence-electron chi connectivity index (χ2n) is 7.08. The van der Waals surface area contributed by atoms with Gasteiger partial charge in [0, 0.05) is 25.7 Å². The largest absolute Gasteiger partial charge is 0.357 e. The predicted molar refractivity (Wildman–Crippen MR) is 124 cm³/mol. The third-order valence-corrected chi connectivity index (χ3v) is 5.17. The van der Waals surface area contributed by atoms with Gasteiger partial charge in [-0.15, -0.1) is 24.0 Å². The number of guanidine groups is 1. The zero-order valence-electron chi connectivity index (χ0n) is 16.7. The number of aromatic nitrogens is 2. The molecule has 0 radical (unpaired) electrons. The van der Waals surface area contributed by atoms with E-state index in [0.29, 0.717) is 6.04 Å². The summed E-state index contributed by atoms with van der Waals surface area (Å²) >= 11 is 0. The van der Waals surface area contributed by atoms with E-state index in [1.165, 1.54) is 24.9 Å². The molecule has 3 rings (SSSR count). The maximum atomic E-state index is 4.78. The number of halogens is 1. The van der Waals surface area contributed by atoms with E-state index in [1.54, 1.807) is 0 Å². The SMILES string of the molecule is CCNC(=NCC1CCCN1C)NCCCn1c(C)nc2ccccc21.I. The minimum atomic E-state index is 0. The molecule has 1 unspecified atom stereocenters. The van der Waals surface area contributed by atoms with Crippen molar-refractivity contribution in [2.75, 3.05) is 33.2 Å². The second kappa shape index (κ2) is 10.8. The molecule has 1 aromatic carbocycles. The molecular weight excluding hydrogens is 451 g/mol. The quantitative estimate of drug-likeness (QED) is 0.275. The summed E-state index contributed by atoms with van der Waals surface area (Å²) in [7, 11) is 2.20. The van der Waals surface area contributed by atoms with E-state index in [0.717, 1.165) is 49.9 Å². The Bertz CT molecular complexity index is 741. The minimum Gasteiger partial charge on any atom is -0.357 e. The molecule has 0 aliphatic carbocycles. The van der Waals surface area contributed by atoms with Crippen molar-refractivity contribution in [1.82, 2.24) is 25.1 Å². The van der Waals surface area contributed by atoms with E-state index in [4.69, 9.17) is 4.99 Å². The lowest BCUT2D eigenvalue weighted by Gasteiger charge is -2.18. The zero-order valence-corrected chi connectivity index (χ0v) is 19.1. The number of hydrogen-bond donors (Lipinski definition) is 2. The van der Waals surface area contributed by atoms with Crippen molar-refractivity contribution in [2.24, 2.45) is 4.99 Å². The number of fused-ring (bicyclic) bond motifs is 1. The summed E-state index contributed by atoms with van der Waals surface area (Å²) in [6.45, 7) is 9.01. The molecule has 0 bridgehead atoms. The standard InChI is InChI=1S/C20H32N6.HI/c1-4-21-20(23-15-17-9-7-13-25(17)3)22-12-8-14-26-16(2)24-18-10-5-6-11-19(18)26;/h5-6,10-11,17H,4,7-9,12-15H2,1-3H3,(H2,21,22,23);1H. The summed E-state index contributed by atoms with van der Waals surface area (Å²) in [5, 5.41) is 6.83. The van der Waals surface area contributed by atoms with Crippen molar-refractivity contribution in [3.05, 3.63) is 30.1 Å². The molecule has 0 amide bonds. The second-order valence-corrected chi connectivity index (χ2v) is 7.08. The number of para-hydroxylation sites is 2. The molecule has 0 saturated carbocycles. The molecule has 1 atom stereocenters. The van der Waals surface area contributed by atoms with Gasteiger partial charge in [-0.25, -0.2) is 4.98 Å². The van der Waals surface area contributed by atoms with E-state index in [-0.39, 0.29) is 24.0 Å². The van der Waals surface area contributed by atoms with Crippen LogP contribution in [0, 0.1) is 6.92 Å². The molecule has 2 N–H and O–H groups in total. The van der Waals surface area contributed by atoms with Crippen molar-refractivity contribution < 1.29 is 0 Å². The Labute approximate surface area is 179 Å². The maximum Gasteiger partial charge on any atom is 0.191 e. The summed E-state index contributed by atoms with van der Waals surface area (Å²) in [4.78, 5) is 11.8. The summed E-state index contributed by atoms with van der Waals surface area (Å²) in [5.74, 6) is 2.01. The molecule has 1 fully saturated rings. The lowest BCUT2D eigenvalue weighted by molar-refractivity contribution is 0.317. The highest BCUT2D eigenvalue weighted by atomic mass is 127. The lowest BCUT2D eigenvalue weighted by atomic mass is 10.2. The first-order valence-electron chi connectivity index (χ1n) is 9.83. The summed E-state index contributed by atoms with van der Waals surface area (Å²) in [6, 6.07) is 8.93. The van der Waals surface area contributed by atoms with E-state index >= 15 is 0 Å². The molecule has 1 aliphatic heterocycles. The van der Waals surface area contributed by atoms with Gasteiger partial charge in [-0.05, 0) is 58.8 Å². The topological polar surface area (TPSA) is 57.5 Å². The molecule has 1 aliphatic rings. The van der Waals surface area contributed by atoms with Crippen molar-refractivity contribution >= 4 is 41.0 Å². The van der Waals surface area contributed by atoms with E-state index in [2.05, 4.69) is 64.2 Å². The molecule has 150 valence electrons. The smallest absolute Gasteiger partial charge is 0.191 e. The number of likely N-dealkylation sites (tertiary alicyclic amines) is 1. The van der Waals surface area contributed by atoms with Gasteiger partial charge >= 0.3 is 0 Å².